The number of aromatic amines is 1. The maximum absolute atomic E-state index is 14.0. The molecule has 3 heterocycles. The molecule has 2 aromatic heterocycles. The molecule has 23 heavy (non-hydrogen) atoms. The van der Waals surface area contributed by atoms with Crippen molar-refractivity contribution in [2.45, 2.75) is 31.3 Å². The fourth-order valence-electron chi connectivity index (χ4n) is 2.65. The van der Waals surface area contributed by atoms with E-state index >= 15 is 0 Å². The van der Waals surface area contributed by atoms with Gasteiger partial charge in [0.15, 0.2) is 11.6 Å². The summed E-state index contributed by atoms with van der Waals surface area (Å²) in [4.78, 5) is 18.2. The van der Waals surface area contributed by atoms with Gasteiger partial charge in [0.2, 0.25) is 0 Å². The lowest BCUT2D eigenvalue weighted by atomic mass is 10.0. The molecular formula is C14H14F2N2O5. The molecule has 9 heteroatoms. The highest BCUT2D eigenvalue weighted by molar-refractivity contribution is 5.76. The van der Waals surface area contributed by atoms with E-state index in [-0.39, 0.29) is 22.3 Å². The minimum absolute atomic E-state index is 0.137. The van der Waals surface area contributed by atoms with Crippen molar-refractivity contribution in [3.05, 3.63) is 39.3 Å². The van der Waals surface area contributed by atoms with E-state index in [1.807, 2.05) is 0 Å². The molecule has 2 aromatic rings. The Labute approximate surface area is 128 Å². The van der Waals surface area contributed by atoms with Crippen LogP contribution in [0.15, 0.2) is 10.9 Å². The van der Waals surface area contributed by atoms with Gasteiger partial charge in [0, 0.05) is 5.56 Å². The molecule has 1 saturated heterocycles. The maximum Gasteiger partial charge on any atom is 0.255 e. The van der Waals surface area contributed by atoms with E-state index in [4.69, 9.17) is 9.84 Å². The van der Waals surface area contributed by atoms with Gasteiger partial charge in [-0.25, -0.2) is 13.8 Å². The number of hydrogen-bond acceptors (Lipinski definition) is 6. The molecule has 0 aromatic carbocycles. The Hall–Kier alpha value is -1.94. The summed E-state index contributed by atoms with van der Waals surface area (Å²) in [6, 6.07) is 1.03. The van der Waals surface area contributed by atoms with Crippen LogP contribution >= 0.6 is 0 Å². The number of nitrogens with one attached hydrogen (secondary N) is 1. The second-order valence-electron chi connectivity index (χ2n) is 5.40. The Morgan fingerprint density at radius 3 is 2.61 bits per heavy atom. The summed E-state index contributed by atoms with van der Waals surface area (Å²) < 4.78 is 32.9. The number of hydrogen-bond donors (Lipinski definition) is 4. The van der Waals surface area contributed by atoms with Crippen LogP contribution in [0.2, 0.25) is 0 Å². The van der Waals surface area contributed by atoms with Crippen LogP contribution in [0, 0.1) is 18.6 Å². The van der Waals surface area contributed by atoms with Crippen molar-refractivity contribution in [3.8, 4) is 0 Å². The molecule has 0 bridgehead atoms. The Morgan fingerprint density at radius 2 is 2.00 bits per heavy atom. The normalized spacial score (nSPS) is 27.7. The smallest absolute Gasteiger partial charge is 0.255 e. The largest absolute Gasteiger partial charge is 0.394 e. The van der Waals surface area contributed by atoms with E-state index in [1.165, 1.54) is 6.92 Å². The van der Waals surface area contributed by atoms with Crippen LogP contribution in [0.3, 0.4) is 0 Å². The van der Waals surface area contributed by atoms with Crippen molar-refractivity contribution in [2.75, 3.05) is 6.61 Å². The van der Waals surface area contributed by atoms with E-state index in [2.05, 4.69) is 9.97 Å². The average Bonchev–Trinajstić information content (AvgIpc) is 2.80. The summed E-state index contributed by atoms with van der Waals surface area (Å²) in [5, 5.41) is 28.5. The molecule has 0 radical (unpaired) electrons. The number of H-pyrrole nitrogens is 1. The average molecular weight is 328 g/mol. The van der Waals surface area contributed by atoms with Crippen molar-refractivity contribution in [2.24, 2.45) is 0 Å². The Balaban J connectivity index is 2.16. The second-order valence-corrected chi connectivity index (χ2v) is 5.40. The van der Waals surface area contributed by atoms with Crippen molar-refractivity contribution in [3.63, 3.8) is 0 Å². The van der Waals surface area contributed by atoms with Crippen LogP contribution in [-0.4, -0.2) is 50.2 Å². The molecule has 1 fully saturated rings. The molecule has 124 valence electrons. The van der Waals surface area contributed by atoms with Crippen molar-refractivity contribution in [1.82, 2.24) is 9.97 Å². The zero-order chi connectivity index (χ0) is 16.9. The molecular weight excluding hydrogens is 314 g/mol. The van der Waals surface area contributed by atoms with Crippen LogP contribution in [0.25, 0.3) is 11.0 Å². The standard InChI is InChI=1S/C14H14F2N2O5/c1-4-8(15)9(16)5-2-6(14(22)18-13(5)17-4)12-11(21)10(20)7(3-19)23-12/h2,7,10-12,19-21H,3H2,1H3,(H,17,18,22)/t7-,10?,11?,12+/m1/s1. The third-order valence-corrected chi connectivity index (χ3v) is 3.92. The summed E-state index contributed by atoms with van der Waals surface area (Å²) in [7, 11) is 0. The number of aromatic nitrogens is 2. The van der Waals surface area contributed by atoms with Crippen molar-refractivity contribution < 1.29 is 28.8 Å². The van der Waals surface area contributed by atoms with Gasteiger partial charge in [0.1, 0.15) is 30.1 Å². The number of aliphatic hydroxyl groups is 3. The molecule has 0 aliphatic carbocycles. The summed E-state index contributed by atoms with van der Waals surface area (Å²) in [5.41, 5.74) is -1.25. The van der Waals surface area contributed by atoms with Crippen molar-refractivity contribution in [1.29, 1.82) is 0 Å². The highest BCUT2D eigenvalue weighted by atomic mass is 19.2. The van der Waals surface area contributed by atoms with Crippen LogP contribution in [0.4, 0.5) is 8.78 Å². The molecule has 7 nitrogen and oxygen atoms in total. The highest BCUT2D eigenvalue weighted by Crippen LogP contribution is 2.33. The minimum atomic E-state index is -1.49. The predicted molar refractivity (Wildman–Crippen MR) is 73.7 cm³/mol. The third-order valence-electron chi connectivity index (χ3n) is 3.92. The van der Waals surface area contributed by atoms with Gasteiger partial charge in [-0.3, -0.25) is 4.79 Å². The summed E-state index contributed by atoms with van der Waals surface area (Å²) in [6.07, 6.45) is -5.25. The number of rotatable bonds is 2. The van der Waals surface area contributed by atoms with Gasteiger partial charge in [-0.1, -0.05) is 0 Å². The SMILES string of the molecule is Cc1nc2[nH]c(=O)c([C@@H]3O[C@H](CO)C(O)C3O)cc2c(F)c1F. The Morgan fingerprint density at radius 1 is 1.30 bits per heavy atom. The van der Waals surface area contributed by atoms with Gasteiger partial charge in [-0.15, -0.1) is 0 Å². The van der Waals surface area contributed by atoms with E-state index in [9.17, 15) is 23.8 Å². The first-order valence-corrected chi connectivity index (χ1v) is 6.86. The summed E-state index contributed by atoms with van der Waals surface area (Å²) in [6.45, 7) is 0.695. The molecule has 0 amide bonds. The zero-order valence-electron chi connectivity index (χ0n) is 12.0. The van der Waals surface area contributed by atoms with Gasteiger partial charge in [0.25, 0.3) is 5.56 Å². The number of ether oxygens (including phenoxy) is 1. The summed E-state index contributed by atoms with van der Waals surface area (Å²) >= 11 is 0. The first kappa shape index (κ1) is 15.9. The molecule has 4 atom stereocenters. The van der Waals surface area contributed by atoms with Gasteiger partial charge in [0.05, 0.1) is 17.7 Å². The highest BCUT2D eigenvalue weighted by Gasteiger charge is 2.44. The maximum atomic E-state index is 14.0. The number of nitrogens with zero attached hydrogens (tertiary/aromatic N) is 1. The van der Waals surface area contributed by atoms with Crippen molar-refractivity contribution >= 4 is 11.0 Å². The van der Waals surface area contributed by atoms with Gasteiger partial charge >= 0.3 is 0 Å². The van der Waals surface area contributed by atoms with Crippen LogP contribution in [-0.2, 0) is 4.74 Å². The van der Waals surface area contributed by atoms with Crippen LogP contribution < -0.4 is 5.56 Å². The van der Waals surface area contributed by atoms with Gasteiger partial charge < -0.3 is 25.0 Å². The molecule has 3 rings (SSSR count). The molecule has 4 N–H and O–H groups in total. The number of halogens is 2. The number of pyridine rings is 2. The first-order chi connectivity index (χ1) is 10.8. The number of aliphatic hydroxyl groups excluding tert-OH is 3. The summed E-state index contributed by atoms with van der Waals surface area (Å²) in [5.74, 6) is -2.33. The molecule has 2 unspecified atom stereocenters. The third kappa shape index (κ3) is 2.41. The van der Waals surface area contributed by atoms with E-state index in [1.54, 1.807) is 0 Å². The van der Waals surface area contributed by atoms with Gasteiger partial charge in [-0.2, -0.15) is 0 Å². The molecule has 0 saturated carbocycles. The van der Waals surface area contributed by atoms with Crippen LogP contribution in [0.1, 0.15) is 17.4 Å². The van der Waals surface area contributed by atoms with Gasteiger partial charge in [-0.05, 0) is 13.0 Å². The quantitative estimate of drug-likeness (QED) is 0.600. The van der Waals surface area contributed by atoms with E-state index in [0.717, 1.165) is 6.07 Å². The monoisotopic (exact) mass is 328 g/mol. The first-order valence-electron chi connectivity index (χ1n) is 6.86. The minimum Gasteiger partial charge on any atom is -0.394 e. The topological polar surface area (TPSA) is 116 Å². The lowest BCUT2D eigenvalue weighted by Crippen LogP contribution is -2.33. The van der Waals surface area contributed by atoms with Crippen LogP contribution in [0.5, 0.6) is 0 Å². The zero-order valence-corrected chi connectivity index (χ0v) is 12.0. The van der Waals surface area contributed by atoms with E-state index < -0.39 is 48.2 Å². The number of aryl methyl sites for hydroxylation is 1. The molecule has 1 aliphatic heterocycles. The fraction of sp³-hybridized carbons (Fsp3) is 0.429. The lowest BCUT2D eigenvalue weighted by molar-refractivity contribution is -0.0231. The fourth-order valence-corrected chi connectivity index (χ4v) is 2.65. The Bertz CT molecular complexity index is 825. The lowest BCUT2D eigenvalue weighted by Gasteiger charge is -2.15. The molecule has 1 aliphatic rings. The Kier molecular flexibility index (Phi) is 3.88. The predicted octanol–water partition coefficient (Wildman–Crippen LogP) is -0.336. The molecule has 0 spiro atoms. The number of fused-ring (bicyclic) bond motifs is 1. The van der Waals surface area contributed by atoms with E-state index in [0.29, 0.717) is 0 Å². The second kappa shape index (κ2) is 5.60.